The molecule has 1 atom stereocenters. The summed E-state index contributed by atoms with van der Waals surface area (Å²) in [5.41, 5.74) is 0. The van der Waals surface area contributed by atoms with Crippen molar-refractivity contribution >= 4 is 21.8 Å². The Kier molecular flexibility index (Phi) is 7.91. The summed E-state index contributed by atoms with van der Waals surface area (Å²) in [5, 5.41) is 0. The number of hydrogen-bond acceptors (Lipinski definition) is 8. The molecule has 0 unspecified atom stereocenters. The molecule has 3 heterocycles. The molecule has 0 bridgehead atoms. The van der Waals surface area contributed by atoms with E-state index in [1.807, 2.05) is 4.90 Å². The molecule has 0 radical (unpaired) electrons. The van der Waals surface area contributed by atoms with Crippen LogP contribution in [0.25, 0.3) is 0 Å². The molecule has 0 aromatic heterocycles. The van der Waals surface area contributed by atoms with Crippen LogP contribution in [0, 0.1) is 0 Å². The van der Waals surface area contributed by atoms with E-state index < -0.39 is 16.1 Å². The molecule has 2 amide bonds. The number of nitrogens with zero attached hydrogens (tertiary/aromatic N) is 3. The summed E-state index contributed by atoms with van der Waals surface area (Å²) in [6.45, 7) is 7.15. The first-order valence-corrected chi connectivity index (χ1v) is 13.1. The number of morpholine rings is 1. The Bertz CT molecular complexity index is 989. The quantitative estimate of drug-likeness (QED) is 0.561. The van der Waals surface area contributed by atoms with Crippen LogP contribution in [-0.4, -0.2) is 113 Å². The van der Waals surface area contributed by atoms with E-state index in [1.54, 1.807) is 15.9 Å². The zero-order chi connectivity index (χ0) is 24.1. The third-order valence-electron chi connectivity index (χ3n) is 6.14. The van der Waals surface area contributed by atoms with E-state index in [1.165, 1.54) is 19.1 Å². The molecule has 34 heavy (non-hydrogen) atoms. The number of nitrogens with one attached hydrogen (secondary N) is 1. The standard InChI is InChI=1S/C22H32N4O7S/c1-17(23-34(29,30)18-3-4-19-20(15-18)33-12-2-11-32-19)22(28)26-7-5-24(6-8-26)16-21(27)25-9-13-31-14-10-25/h3-4,15,17,23H,2,5-14,16H2,1H3/t17-/m1/s1. The molecule has 2 saturated heterocycles. The minimum Gasteiger partial charge on any atom is -0.490 e. The molecule has 0 saturated carbocycles. The Hall–Kier alpha value is -2.41. The summed E-state index contributed by atoms with van der Waals surface area (Å²) in [5.74, 6) is 0.657. The number of amides is 2. The third kappa shape index (κ3) is 5.98. The Morgan fingerprint density at radius 1 is 0.941 bits per heavy atom. The highest BCUT2D eigenvalue weighted by atomic mass is 32.2. The van der Waals surface area contributed by atoms with Crippen LogP contribution in [0.4, 0.5) is 0 Å². The van der Waals surface area contributed by atoms with Crippen molar-refractivity contribution in [2.75, 3.05) is 72.2 Å². The molecule has 1 aromatic rings. The maximum absolute atomic E-state index is 12.9. The van der Waals surface area contributed by atoms with Gasteiger partial charge >= 0.3 is 0 Å². The van der Waals surface area contributed by atoms with Crippen molar-refractivity contribution in [2.24, 2.45) is 0 Å². The van der Waals surface area contributed by atoms with Crippen LogP contribution in [0.15, 0.2) is 23.1 Å². The van der Waals surface area contributed by atoms with Gasteiger partial charge in [-0.2, -0.15) is 4.72 Å². The number of ether oxygens (including phenoxy) is 3. The van der Waals surface area contributed by atoms with E-state index in [2.05, 4.69) is 4.72 Å². The maximum Gasteiger partial charge on any atom is 0.241 e. The third-order valence-corrected chi connectivity index (χ3v) is 7.68. The lowest BCUT2D eigenvalue weighted by Crippen LogP contribution is -2.55. The smallest absolute Gasteiger partial charge is 0.241 e. The number of hydrogen-bond donors (Lipinski definition) is 1. The summed E-state index contributed by atoms with van der Waals surface area (Å²) in [4.78, 5) is 30.8. The van der Waals surface area contributed by atoms with Crippen molar-refractivity contribution in [1.29, 1.82) is 0 Å². The molecule has 12 heteroatoms. The Morgan fingerprint density at radius 3 is 2.32 bits per heavy atom. The van der Waals surface area contributed by atoms with E-state index >= 15 is 0 Å². The molecule has 3 aliphatic rings. The largest absolute Gasteiger partial charge is 0.490 e. The molecule has 0 spiro atoms. The molecule has 188 valence electrons. The molecule has 1 aromatic carbocycles. The number of sulfonamides is 1. The number of carbonyl (C=O) groups is 2. The maximum atomic E-state index is 12.9. The summed E-state index contributed by atoms with van der Waals surface area (Å²) in [6.07, 6.45) is 0.717. The van der Waals surface area contributed by atoms with Gasteiger partial charge in [-0.3, -0.25) is 14.5 Å². The molecule has 3 aliphatic heterocycles. The second kappa shape index (κ2) is 10.9. The number of fused-ring (bicyclic) bond motifs is 1. The lowest BCUT2D eigenvalue weighted by molar-refractivity contribution is -0.138. The molecule has 2 fully saturated rings. The Labute approximate surface area is 200 Å². The fourth-order valence-corrected chi connectivity index (χ4v) is 5.38. The van der Waals surface area contributed by atoms with Crippen LogP contribution in [-0.2, 0) is 24.3 Å². The fraction of sp³-hybridized carbons (Fsp3) is 0.636. The highest BCUT2D eigenvalue weighted by molar-refractivity contribution is 7.89. The molecular weight excluding hydrogens is 464 g/mol. The van der Waals surface area contributed by atoms with Gasteiger partial charge in [-0.15, -0.1) is 0 Å². The average Bonchev–Trinajstić information content (AvgIpc) is 3.09. The Morgan fingerprint density at radius 2 is 1.62 bits per heavy atom. The van der Waals surface area contributed by atoms with Crippen LogP contribution in [0.5, 0.6) is 11.5 Å². The van der Waals surface area contributed by atoms with E-state index in [-0.39, 0.29) is 16.7 Å². The predicted molar refractivity (Wildman–Crippen MR) is 122 cm³/mol. The first kappa shape index (κ1) is 24.7. The van der Waals surface area contributed by atoms with Gasteiger partial charge in [0, 0.05) is 51.8 Å². The van der Waals surface area contributed by atoms with Crippen molar-refractivity contribution in [3.05, 3.63) is 18.2 Å². The van der Waals surface area contributed by atoms with Crippen LogP contribution >= 0.6 is 0 Å². The second-order valence-corrected chi connectivity index (χ2v) is 10.3. The molecule has 1 N–H and O–H groups in total. The lowest BCUT2D eigenvalue weighted by atomic mass is 10.2. The van der Waals surface area contributed by atoms with Crippen molar-refractivity contribution < 1.29 is 32.2 Å². The molecule has 0 aliphatic carbocycles. The molecule has 4 rings (SSSR count). The minimum absolute atomic E-state index is 0.0165. The van der Waals surface area contributed by atoms with Crippen LogP contribution < -0.4 is 14.2 Å². The zero-order valence-electron chi connectivity index (χ0n) is 19.4. The van der Waals surface area contributed by atoms with Crippen molar-refractivity contribution in [1.82, 2.24) is 19.4 Å². The van der Waals surface area contributed by atoms with Crippen molar-refractivity contribution in [2.45, 2.75) is 24.3 Å². The van der Waals surface area contributed by atoms with E-state index in [4.69, 9.17) is 14.2 Å². The van der Waals surface area contributed by atoms with Gasteiger partial charge in [0.25, 0.3) is 0 Å². The number of benzene rings is 1. The lowest BCUT2D eigenvalue weighted by Gasteiger charge is -2.37. The number of piperazine rings is 1. The first-order valence-electron chi connectivity index (χ1n) is 11.6. The topological polar surface area (TPSA) is 118 Å². The summed E-state index contributed by atoms with van der Waals surface area (Å²) in [6, 6.07) is 3.50. The number of rotatable bonds is 6. The van der Waals surface area contributed by atoms with Crippen LogP contribution in [0.2, 0.25) is 0 Å². The van der Waals surface area contributed by atoms with E-state index in [0.29, 0.717) is 83.7 Å². The number of carbonyl (C=O) groups excluding carboxylic acids is 2. The predicted octanol–water partition coefficient (Wildman–Crippen LogP) is -0.482. The van der Waals surface area contributed by atoms with Crippen LogP contribution in [0.3, 0.4) is 0 Å². The van der Waals surface area contributed by atoms with Gasteiger partial charge in [0.2, 0.25) is 21.8 Å². The molecule has 11 nitrogen and oxygen atoms in total. The van der Waals surface area contributed by atoms with Gasteiger partial charge in [0.05, 0.1) is 43.9 Å². The molecular formula is C22H32N4O7S. The van der Waals surface area contributed by atoms with Crippen molar-refractivity contribution in [3.8, 4) is 11.5 Å². The van der Waals surface area contributed by atoms with Gasteiger partial charge in [0.15, 0.2) is 11.5 Å². The monoisotopic (exact) mass is 496 g/mol. The van der Waals surface area contributed by atoms with Crippen LogP contribution in [0.1, 0.15) is 13.3 Å². The van der Waals surface area contributed by atoms with Gasteiger partial charge in [-0.1, -0.05) is 0 Å². The second-order valence-electron chi connectivity index (χ2n) is 8.60. The fourth-order valence-electron chi connectivity index (χ4n) is 4.17. The first-order chi connectivity index (χ1) is 16.3. The highest BCUT2D eigenvalue weighted by Crippen LogP contribution is 2.31. The van der Waals surface area contributed by atoms with Crippen molar-refractivity contribution in [3.63, 3.8) is 0 Å². The minimum atomic E-state index is -3.93. The van der Waals surface area contributed by atoms with Gasteiger partial charge in [-0.25, -0.2) is 8.42 Å². The van der Waals surface area contributed by atoms with Gasteiger partial charge in [-0.05, 0) is 19.1 Å². The summed E-state index contributed by atoms with van der Waals surface area (Å²) in [7, 11) is -3.93. The normalized spacial score (nSPS) is 20.5. The summed E-state index contributed by atoms with van der Waals surface area (Å²) < 4.78 is 44.7. The van der Waals surface area contributed by atoms with Gasteiger partial charge < -0.3 is 24.0 Å². The van der Waals surface area contributed by atoms with Gasteiger partial charge in [0.1, 0.15) is 0 Å². The Balaban J connectivity index is 1.29. The average molecular weight is 497 g/mol. The summed E-state index contributed by atoms with van der Waals surface area (Å²) >= 11 is 0. The van der Waals surface area contributed by atoms with E-state index in [9.17, 15) is 18.0 Å². The zero-order valence-corrected chi connectivity index (χ0v) is 20.2. The SMILES string of the molecule is C[C@@H](NS(=O)(=O)c1ccc2c(c1)OCCCO2)C(=O)N1CCN(CC(=O)N2CCOCC2)CC1. The highest BCUT2D eigenvalue weighted by Gasteiger charge is 2.30. The van der Waals surface area contributed by atoms with E-state index in [0.717, 1.165) is 6.42 Å².